The minimum absolute atomic E-state index is 0.0279. The predicted molar refractivity (Wildman–Crippen MR) is 63.0 cm³/mol. The van der Waals surface area contributed by atoms with E-state index in [4.69, 9.17) is 5.11 Å². The van der Waals surface area contributed by atoms with Gasteiger partial charge in [0, 0.05) is 0 Å². The van der Waals surface area contributed by atoms with Gasteiger partial charge in [-0.25, -0.2) is 21.6 Å². The van der Waals surface area contributed by atoms with Crippen LogP contribution in [0.3, 0.4) is 0 Å². The first-order valence-electron chi connectivity index (χ1n) is 5.59. The van der Waals surface area contributed by atoms with Gasteiger partial charge < -0.3 is 5.11 Å². The monoisotopic (exact) mass is 311 g/mol. The van der Waals surface area contributed by atoms with E-state index in [1.165, 1.54) is 0 Å². The molecule has 1 atom stereocenters. The fraction of sp³-hybridized carbons (Fsp3) is 0.364. The Kier molecular flexibility index (Phi) is 5.12. The predicted octanol–water partition coefficient (Wildman–Crippen LogP) is 1.64. The molecule has 0 aliphatic rings. The Morgan fingerprint density at radius 2 is 1.90 bits per heavy atom. The lowest BCUT2D eigenvalue weighted by molar-refractivity contribution is -0.139. The quantitative estimate of drug-likeness (QED) is 0.782. The van der Waals surface area contributed by atoms with E-state index in [-0.39, 0.29) is 6.42 Å². The number of aliphatic carboxylic acids is 1. The second kappa shape index (κ2) is 6.23. The zero-order valence-corrected chi connectivity index (χ0v) is 11.2. The van der Waals surface area contributed by atoms with Gasteiger partial charge in [0.15, 0.2) is 17.5 Å². The van der Waals surface area contributed by atoms with Crippen molar-refractivity contribution in [2.45, 2.75) is 30.7 Å². The van der Waals surface area contributed by atoms with Crippen LogP contribution in [0.2, 0.25) is 0 Å². The van der Waals surface area contributed by atoms with Gasteiger partial charge >= 0.3 is 5.97 Å². The molecule has 9 heteroatoms. The highest BCUT2D eigenvalue weighted by Gasteiger charge is 2.29. The van der Waals surface area contributed by atoms with Crippen LogP contribution in [0.1, 0.15) is 19.8 Å². The van der Waals surface area contributed by atoms with Crippen molar-refractivity contribution in [1.82, 2.24) is 4.72 Å². The number of carbonyl (C=O) groups is 1. The van der Waals surface area contributed by atoms with Gasteiger partial charge in [0.25, 0.3) is 0 Å². The third-order valence-corrected chi connectivity index (χ3v) is 3.95. The lowest BCUT2D eigenvalue weighted by Crippen LogP contribution is -2.40. The summed E-state index contributed by atoms with van der Waals surface area (Å²) in [7, 11) is -4.61. The Balaban J connectivity index is 3.17. The smallest absolute Gasteiger partial charge is 0.321 e. The van der Waals surface area contributed by atoms with Crippen LogP contribution in [-0.2, 0) is 14.8 Å². The third kappa shape index (κ3) is 3.48. The van der Waals surface area contributed by atoms with E-state index >= 15 is 0 Å². The van der Waals surface area contributed by atoms with Crippen LogP contribution >= 0.6 is 0 Å². The topological polar surface area (TPSA) is 83.5 Å². The Morgan fingerprint density at radius 3 is 2.40 bits per heavy atom. The molecule has 5 nitrogen and oxygen atoms in total. The number of benzene rings is 1. The minimum atomic E-state index is -4.61. The zero-order chi connectivity index (χ0) is 15.5. The minimum Gasteiger partial charge on any atom is -0.480 e. The highest BCUT2D eigenvalue weighted by Crippen LogP contribution is 2.20. The maximum Gasteiger partial charge on any atom is 0.321 e. The normalized spacial score (nSPS) is 13.2. The SMILES string of the molecule is CCCC(NS(=O)(=O)c1ccc(F)c(F)c1F)C(=O)O. The largest absolute Gasteiger partial charge is 0.480 e. The maximum absolute atomic E-state index is 13.4. The molecule has 0 saturated heterocycles. The van der Waals surface area contributed by atoms with Crippen molar-refractivity contribution in [2.24, 2.45) is 0 Å². The second-order valence-corrected chi connectivity index (χ2v) is 5.66. The number of halogens is 3. The summed E-state index contributed by atoms with van der Waals surface area (Å²) in [4.78, 5) is 9.71. The summed E-state index contributed by atoms with van der Waals surface area (Å²) < 4.78 is 64.5. The highest BCUT2D eigenvalue weighted by atomic mass is 32.2. The molecule has 0 fully saturated rings. The molecule has 112 valence electrons. The molecule has 0 bridgehead atoms. The molecule has 2 N–H and O–H groups in total. The van der Waals surface area contributed by atoms with Crippen molar-refractivity contribution < 1.29 is 31.5 Å². The molecule has 1 aromatic rings. The zero-order valence-electron chi connectivity index (χ0n) is 10.4. The summed E-state index contributed by atoms with van der Waals surface area (Å²) in [6.07, 6.45) is 0.333. The summed E-state index contributed by atoms with van der Waals surface area (Å²) >= 11 is 0. The number of hydrogen-bond acceptors (Lipinski definition) is 3. The standard InChI is InChI=1S/C11H12F3NO4S/c1-2-3-7(11(16)17)15-20(18,19)8-5-4-6(12)9(13)10(8)14/h4-5,7,15H,2-3H2,1H3,(H,16,17). The van der Waals surface area contributed by atoms with Crippen molar-refractivity contribution in [3.05, 3.63) is 29.6 Å². The molecule has 0 aliphatic heterocycles. The Bertz CT molecular complexity index is 618. The van der Waals surface area contributed by atoms with E-state index in [9.17, 15) is 26.4 Å². The molecule has 1 rings (SSSR count). The van der Waals surface area contributed by atoms with Gasteiger partial charge in [-0.15, -0.1) is 0 Å². The summed E-state index contributed by atoms with van der Waals surface area (Å²) in [5, 5.41) is 8.83. The van der Waals surface area contributed by atoms with Gasteiger partial charge in [0.05, 0.1) is 0 Å². The highest BCUT2D eigenvalue weighted by molar-refractivity contribution is 7.89. The summed E-state index contributed by atoms with van der Waals surface area (Å²) in [6, 6.07) is -0.499. The van der Waals surface area contributed by atoms with Gasteiger partial charge in [-0.05, 0) is 18.6 Å². The van der Waals surface area contributed by atoms with Crippen molar-refractivity contribution in [3.63, 3.8) is 0 Å². The number of carboxylic acids is 1. The third-order valence-electron chi connectivity index (χ3n) is 2.46. The molecule has 1 unspecified atom stereocenters. The Hall–Kier alpha value is -1.61. The number of rotatable bonds is 6. The summed E-state index contributed by atoms with van der Waals surface area (Å²) in [5.41, 5.74) is 0. The van der Waals surface area contributed by atoms with Crippen LogP contribution in [0.15, 0.2) is 17.0 Å². The van der Waals surface area contributed by atoms with E-state index in [1.54, 1.807) is 11.6 Å². The van der Waals surface area contributed by atoms with E-state index in [0.29, 0.717) is 18.6 Å². The second-order valence-electron chi connectivity index (χ2n) is 3.97. The summed E-state index contributed by atoms with van der Waals surface area (Å²) in [5.74, 6) is -6.81. The van der Waals surface area contributed by atoms with E-state index in [2.05, 4.69) is 0 Å². The van der Waals surface area contributed by atoms with Crippen LogP contribution in [0.4, 0.5) is 13.2 Å². The Labute approximate surface area is 113 Å². The fourth-order valence-corrected chi connectivity index (χ4v) is 2.78. The first-order chi connectivity index (χ1) is 9.20. The van der Waals surface area contributed by atoms with Crippen molar-refractivity contribution in [1.29, 1.82) is 0 Å². The lowest BCUT2D eigenvalue weighted by Gasteiger charge is -2.14. The van der Waals surface area contributed by atoms with Gasteiger partial charge in [0.2, 0.25) is 10.0 Å². The van der Waals surface area contributed by atoms with E-state index in [0.717, 1.165) is 0 Å². The van der Waals surface area contributed by atoms with Crippen LogP contribution in [-0.4, -0.2) is 25.5 Å². The average molecular weight is 311 g/mol. The molecular formula is C11H12F3NO4S. The lowest BCUT2D eigenvalue weighted by atomic mass is 10.2. The van der Waals surface area contributed by atoms with Crippen molar-refractivity contribution >= 4 is 16.0 Å². The van der Waals surface area contributed by atoms with Crippen LogP contribution in [0.25, 0.3) is 0 Å². The molecule has 0 aliphatic carbocycles. The maximum atomic E-state index is 13.4. The van der Waals surface area contributed by atoms with Gasteiger partial charge in [-0.2, -0.15) is 4.72 Å². The number of nitrogens with one attached hydrogen (secondary N) is 1. The van der Waals surface area contributed by atoms with Gasteiger partial charge in [-0.1, -0.05) is 13.3 Å². The first-order valence-corrected chi connectivity index (χ1v) is 7.07. The molecular weight excluding hydrogens is 299 g/mol. The van der Waals surface area contributed by atoms with Gasteiger partial charge in [-0.3, -0.25) is 4.79 Å². The first kappa shape index (κ1) is 16.4. The summed E-state index contributed by atoms with van der Waals surface area (Å²) in [6.45, 7) is 1.63. The van der Waals surface area contributed by atoms with Crippen LogP contribution in [0, 0.1) is 17.5 Å². The molecule has 0 radical (unpaired) electrons. The molecule has 0 spiro atoms. The average Bonchev–Trinajstić information content (AvgIpc) is 2.34. The molecule has 0 amide bonds. The number of hydrogen-bond donors (Lipinski definition) is 2. The molecule has 0 heterocycles. The van der Waals surface area contributed by atoms with Crippen LogP contribution < -0.4 is 4.72 Å². The number of carboxylic acid groups (broad SMARTS) is 1. The van der Waals surface area contributed by atoms with Crippen molar-refractivity contribution in [2.75, 3.05) is 0 Å². The van der Waals surface area contributed by atoms with Gasteiger partial charge in [0.1, 0.15) is 10.9 Å². The molecule has 1 aromatic carbocycles. The van der Waals surface area contributed by atoms with Crippen LogP contribution in [0.5, 0.6) is 0 Å². The molecule has 20 heavy (non-hydrogen) atoms. The fourth-order valence-electron chi connectivity index (χ4n) is 1.49. The molecule has 0 aromatic heterocycles. The number of sulfonamides is 1. The Morgan fingerprint density at radius 1 is 1.30 bits per heavy atom. The van der Waals surface area contributed by atoms with Crippen molar-refractivity contribution in [3.8, 4) is 0 Å². The van der Waals surface area contributed by atoms with E-state index in [1.807, 2.05) is 0 Å². The molecule has 0 saturated carbocycles. The van der Waals surface area contributed by atoms with E-state index < -0.39 is 44.4 Å².